The molecular formula is C19H15FN2O3S. The highest BCUT2D eigenvalue weighted by Crippen LogP contribution is 2.28. The highest BCUT2D eigenvalue weighted by molar-refractivity contribution is 7.17. The smallest absolute Gasteiger partial charge is 0.279 e. The number of nitrogens with one attached hydrogen (secondary N) is 2. The van der Waals surface area contributed by atoms with Crippen LogP contribution >= 0.6 is 11.3 Å². The average molecular weight is 370 g/mol. The maximum atomic E-state index is 13.0. The lowest BCUT2D eigenvalue weighted by Gasteiger charge is -2.07. The summed E-state index contributed by atoms with van der Waals surface area (Å²) in [5.41, 5.74) is 5.96. The average Bonchev–Trinajstić information content (AvgIpc) is 3.16. The first-order chi connectivity index (χ1) is 12.6. The van der Waals surface area contributed by atoms with Crippen molar-refractivity contribution in [2.24, 2.45) is 0 Å². The van der Waals surface area contributed by atoms with Crippen LogP contribution in [0.3, 0.4) is 0 Å². The minimum Gasteiger partial charge on any atom is -0.497 e. The monoisotopic (exact) mass is 370 g/mol. The summed E-state index contributed by atoms with van der Waals surface area (Å²) in [6.45, 7) is 0. The largest absolute Gasteiger partial charge is 0.497 e. The van der Waals surface area contributed by atoms with Crippen molar-refractivity contribution in [2.45, 2.75) is 0 Å². The zero-order valence-electron chi connectivity index (χ0n) is 13.8. The molecule has 2 amide bonds. The lowest BCUT2D eigenvalue weighted by molar-refractivity contribution is 0.0849. The molecule has 0 radical (unpaired) electrons. The van der Waals surface area contributed by atoms with E-state index in [0.29, 0.717) is 16.2 Å². The van der Waals surface area contributed by atoms with Crippen LogP contribution in [0.15, 0.2) is 60.7 Å². The predicted molar refractivity (Wildman–Crippen MR) is 97.6 cm³/mol. The third-order valence-corrected chi connectivity index (χ3v) is 4.73. The second-order valence-corrected chi connectivity index (χ2v) is 6.39. The van der Waals surface area contributed by atoms with E-state index in [1.54, 1.807) is 48.5 Å². The molecule has 0 aliphatic carbocycles. The van der Waals surface area contributed by atoms with Gasteiger partial charge in [-0.15, -0.1) is 11.3 Å². The van der Waals surface area contributed by atoms with Crippen LogP contribution in [0.4, 0.5) is 4.39 Å². The maximum absolute atomic E-state index is 13.0. The standard InChI is InChI=1S/C19H15FN2O3S/c1-25-15-8-4-13(5-9-15)18(23)21-22-19(24)17-11-10-16(26-17)12-2-6-14(20)7-3-12/h2-11H,1H3,(H,21,23)(H,22,24). The van der Waals surface area contributed by atoms with E-state index in [-0.39, 0.29) is 5.82 Å². The Kier molecular flexibility index (Phi) is 5.28. The SMILES string of the molecule is COc1ccc(C(=O)NNC(=O)c2ccc(-c3ccc(F)cc3)s2)cc1. The molecule has 2 N–H and O–H groups in total. The lowest BCUT2D eigenvalue weighted by Crippen LogP contribution is -2.41. The molecule has 2 aromatic carbocycles. The molecule has 3 rings (SSSR count). The fourth-order valence-electron chi connectivity index (χ4n) is 2.22. The van der Waals surface area contributed by atoms with Crippen LogP contribution in [-0.4, -0.2) is 18.9 Å². The number of ether oxygens (including phenoxy) is 1. The van der Waals surface area contributed by atoms with Crippen LogP contribution < -0.4 is 15.6 Å². The van der Waals surface area contributed by atoms with Crippen LogP contribution in [0.5, 0.6) is 5.75 Å². The Labute approximate surface area is 153 Å². The van der Waals surface area contributed by atoms with Gasteiger partial charge in [-0.2, -0.15) is 0 Å². The highest BCUT2D eigenvalue weighted by Gasteiger charge is 2.12. The molecule has 26 heavy (non-hydrogen) atoms. The lowest BCUT2D eigenvalue weighted by atomic mass is 10.2. The first-order valence-electron chi connectivity index (χ1n) is 7.67. The van der Waals surface area contributed by atoms with Gasteiger partial charge < -0.3 is 4.74 Å². The molecule has 0 saturated heterocycles. The molecule has 0 atom stereocenters. The van der Waals surface area contributed by atoms with E-state index in [0.717, 1.165) is 10.4 Å². The summed E-state index contributed by atoms with van der Waals surface area (Å²) in [4.78, 5) is 25.5. The van der Waals surface area contributed by atoms with Crippen molar-refractivity contribution in [1.82, 2.24) is 10.9 Å². The Morgan fingerprint density at radius 3 is 2.19 bits per heavy atom. The second-order valence-electron chi connectivity index (χ2n) is 5.31. The summed E-state index contributed by atoms with van der Waals surface area (Å²) >= 11 is 1.25. The Hall–Kier alpha value is -3.19. The molecule has 5 nitrogen and oxygen atoms in total. The predicted octanol–water partition coefficient (Wildman–Crippen LogP) is 3.64. The van der Waals surface area contributed by atoms with Crippen molar-refractivity contribution in [3.63, 3.8) is 0 Å². The van der Waals surface area contributed by atoms with Crippen molar-refractivity contribution in [1.29, 1.82) is 0 Å². The van der Waals surface area contributed by atoms with Gasteiger partial charge in [0.2, 0.25) is 0 Å². The topological polar surface area (TPSA) is 67.4 Å². The van der Waals surface area contributed by atoms with Gasteiger partial charge in [-0.25, -0.2) is 4.39 Å². The summed E-state index contributed by atoms with van der Waals surface area (Å²) < 4.78 is 18.0. The third kappa shape index (κ3) is 4.07. The Morgan fingerprint density at radius 1 is 0.885 bits per heavy atom. The molecule has 0 aliphatic rings. The quantitative estimate of drug-likeness (QED) is 0.689. The molecule has 7 heteroatoms. The van der Waals surface area contributed by atoms with Crippen molar-refractivity contribution >= 4 is 23.2 Å². The normalized spacial score (nSPS) is 10.2. The fraction of sp³-hybridized carbons (Fsp3) is 0.0526. The van der Waals surface area contributed by atoms with Gasteiger partial charge in [0.05, 0.1) is 12.0 Å². The molecule has 0 saturated carbocycles. The van der Waals surface area contributed by atoms with Gasteiger partial charge in [0.15, 0.2) is 0 Å². The number of rotatable bonds is 4. The number of methoxy groups -OCH3 is 1. The number of hydrogen-bond acceptors (Lipinski definition) is 4. The Balaban J connectivity index is 1.61. The number of amides is 2. The number of carbonyl (C=O) groups is 2. The maximum Gasteiger partial charge on any atom is 0.279 e. The van der Waals surface area contributed by atoms with Crippen LogP contribution in [0, 0.1) is 5.82 Å². The summed E-state index contributed by atoms with van der Waals surface area (Å²) in [7, 11) is 1.54. The van der Waals surface area contributed by atoms with Crippen LogP contribution in [0.2, 0.25) is 0 Å². The van der Waals surface area contributed by atoms with E-state index < -0.39 is 11.8 Å². The highest BCUT2D eigenvalue weighted by atomic mass is 32.1. The van der Waals surface area contributed by atoms with E-state index in [2.05, 4.69) is 10.9 Å². The molecule has 132 valence electrons. The van der Waals surface area contributed by atoms with E-state index >= 15 is 0 Å². The number of hydrogen-bond donors (Lipinski definition) is 2. The van der Waals surface area contributed by atoms with Gasteiger partial charge in [0.25, 0.3) is 11.8 Å². The summed E-state index contributed by atoms with van der Waals surface area (Å²) in [5.74, 6) is -0.538. The molecule has 0 fully saturated rings. The van der Waals surface area contributed by atoms with Crippen molar-refractivity contribution in [3.8, 4) is 16.2 Å². The van der Waals surface area contributed by atoms with Gasteiger partial charge in [0.1, 0.15) is 11.6 Å². The molecule has 0 unspecified atom stereocenters. The molecule has 1 heterocycles. The number of hydrazine groups is 1. The molecule has 1 aromatic heterocycles. The summed E-state index contributed by atoms with van der Waals surface area (Å²) in [5, 5.41) is 0. The van der Waals surface area contributed by atoms with Crippen molar-refractivity contribution in [2.75, 3.05) is 7.11 Å². The Bertz CT molecular complexity index is 921. The first-order valence-corrected chi connectivity index (χ1v) is 8.49. The molecule has 0 bridgehead atoms. The Morgan fingerprint density at radius 2 is 1.54 bits per heavy atom. The zero-order valence-corrected chi connectivity index (χ0v) is 14.6. The van der Waals surface area contributed by atoms with Crippen LogP contribution in [-0.2, 0) is 0 Å². The van der Waals surface area contributed by atoms with Crippen molar-refractivity contribution in [3.05, 3.63) is 76.9 Å². The minimum absolute atomic E-state index is 0.315. The van der Waals surface area contributed by atoms with E-state index in [4.69, 9.17) is 4.74 Å². The van der Waals surface area contributed by atoms with Crippen LogP contribution in [0.1, 0.15) is 20.0 Å². The zero-order chi connectivity index (χ0) is 18.5. The number of halogens is 1. The van der Waals surface area contributed by atoms with Crippen molar-refractivity contribution < 1.29 is 18.7 Å². The van der Waals surface area contributed by atoms with Gasteiger partial charge in [-0.3, -0.25) is 20.4 Å². The first kappa shape index (κ1) is 17.6. The van der Waals surface area contributed by atoms with Crippen LogP contribution in [0.25, 0.3) is 10.4 Å². The summed E-state index contributed by atoms with van der Waals surface area (Å²) in [6, 6.07) is 16.0. The molecule has 0 spiro atoms. The van der Waals surface area contributed by atoms with Gasteiger partial charge >= 0.3 is 0 Å². The number of carbonyl (C=O) groups excluding carboxylic acids is 2. The van der Waals surface area contributed by atoms with Gasteiger partial charge in [0, 0.05) is 10.4 Å². The minimum atomic E-state index is -0.434. The van der Waals surface area contributed by atoms with Gasteiger partial charge in [-0.1, -0.05) is 12.1 Å². The third-order valence-electron chi connectivity index (χ3n) is 3.60. The number of benzene rings is 2. The van der Waals surface area contributed by atoms with Gasteiger partial charge in [-0.05, 0) is 54.1 Å². The molecule has 0 aliphatic heterocycles. The second kappa shape index (κ2) is 7.79. The van der Waals surface area contributed by atoms with E-state index in [9.17, 15) is 14.0 Å². The number of thiophene rings is 1. The fourth-order valence-corrected chi connectivity index (χ4v) is 3.13. The van der Waals surface area contributed by atoms with E-state index in [1.165, 1.54) is 30.6 Å². The molecular weight excluding hydrogens is 355 g/mol. The summed E-state index contributed by atoms with van der Waals surface area (Å²) in [6.07, 6.45) is 0. The molecule has 3 aromatic rings. The van der Waals surface area contributed by atoms with E-state index in [1.807, 2.05) is 0 Å².